The van der Waals surface area contributed by atoms with E-state index in [0.29, 0.717) is 0 Å². The van der Waals surface area contributed by atoms with E-state index in [1.54, 1.807) is 0 Å². The number of rotatable bonds is 4. The largest absolute Gasteiger partial charge is 0.307 e. The van der Waals surface area contributed by atoms with Crippen molar-refractivity contribution in [2.45, 2.75) is 36.0 Å². The van der Waals surface area contributed by atoms with Gasteiger partial charge in [0.05, 0.1) is 11.4 Å². The quantitative estimate of drug-likeness (QED) is 0.339. The van der Waals surface area contributed by atoms with Crippen molar-refractivity contribution in [1.29, 1.82) is 0 Å². The van der Waals surface area contributed by atoms with Crippen molar-refractivity contribution < 1.29 is 0 Å². The van der Waals surface area contributed by atoms with Crippen molar-refractivity contribution in [3.63, 3.8) is 0 Å². The van der Waals surface area contributed by atoms with Gasteiger partial charge in [-0.1, -0.05) is 55.4 Å². The maximum atomic E-state index is 3.77. The van der Waals surface area contributed by atoms with Gasteiger partial charge in [0.2, 0.25) is 0 Å². The van der Waals surface area contributed by atoms with Crippen LogP contribution in [0.25, 0.3) is 0 Å². The van der Waals surface area contributed by atoms with Crippen LogP contribution in [0.3, 0.4) is 0 Å². The topological polar surface area (TPSA) is 3.24 Å². The zero-order valence-corrected chi connectivity index (χ0v) is 16.6. The number of hydrogen-bond donors (Lipinski definition) is 0. The fraction of sp³-hybridized carbons (Fsp3) is 0.182. The molecule has 3 heteroatoms. The summed E-state index contributed by atoms with van der Waals surface area (Å²) < 4.78 is 1.13. The maximum Gasteiger partial charge on any atom is 0.0743 e. The van der Waals surface area contributed by atoms with E-state index < -0.39 is 0 Å². The van der Waals surface area contributed by atoms with E-state index in [0.717, 1.165) is 10.9 Å². The lowest BCUT2D eigenvalue weighted by Gasteiger charge is -2.33. The van der Waals surface area contributed by atoms with Crippen LogP contribution in [-0.4, -0.2) is 0 Å². The highest BCUT2D eigenvalue weighted by atomic mass is 79.9. The molecule has 3 aromatic rings. The van der Waals surface area contributed by atoms with E-state index in [1.807, 2.05) is 11.8 Å². The molecule has 0 bridgehead atoms. The molecular formula is C22H20BrNS. The Bertz CT molecular complexity index is 889. The van der Waals surface area contributed by atoms with Crippen LogP contribution in [0.1, 0.15) is 25.3 Å². The van der Waals surface area contributed by atoms with Gasteiger partial charge in [-0.15, -0.1) is 0 Å². The maximum absolute atomic E-state index is 3.77. The average molecular weight is 410 g/mol. The van der Waals surface area contributed by atoms with E-state index in [2.05, 4.69) is 94.5 Å². The third-order valence-corrected chi connectivity index (χ3v) is 6.27. The molecule has 0 N–H and O–H groups in total. The number of fused-ring (bicyclic) bond motifs is 2. The molecule has 0 aliphatic carbocycles. The lowest BCUT2D eigenvalue weighted by molar-refractivity contribution is 0.795. The molecule has 4 rings (SSSR count). The molecule has 126 valence electrons. The average Bonchev–Trinajstić information content (AvgIpc) is 2.65. The molecule has 25 heavy (non-hydrogen) atoms. The summed E-state index contributed by atoms with van der Waals surface area (Å²) in [6.07, 6.45) is 3.64. The van der Waals surface area contributed by atoms with Gasteiger partial charge in [-0.25, -0.2) is 0 Å². The molecule has 0 amide bonds. The minimum Gasteiger partial charge on any atom is -0.307 e. The van der Waals surface area contributed by atoms with Crippen LogP contribution in [0.2, 0.25) is 0 Å². The van der Waals surface area contributed by atoms with Gasteiger partial charge in [0, 0.05) is 20.0 Å². The van der Waals surface area contributed by atoms with Crippen molar-refractivity contribution in [3.8, 4) is 0 Å². The molecule has 0 atom stereocenters. The molecule has 1 aliphatic heterocycles. The van der Waals surface area contributed by atoms with Gasteiger partial charge in [-0.05, 0) is 70.7 Å². The van der Waals surface area contributed by atoms with E-state index in [9.17, 15) is 0 Å². The number of nitrogens with zero attached hydrogens (tertiary/aromatic N) is 1. The second-order valence-corrected chi connectivity index (χ2v) is 8.20. The predicted octanol–water partition coefficient (Wildman–Crippen LogP) is 7.73. The van der Waals surface area contributed by atoms with Crippen LogP contribution in [0.4, 0.5) is 17.1 Å². The first-order valence-corrected chi connectivity index (χ1v) is 10.3. The van der Waals surface area contributed by atoms with Gasteiger partial charge >= 0.3 is 0 Å². The third kappa shape index (κ3) is 3.23. The van der Waals surface area contributed by atoms with E-state index in [4.69, 9.17) is 0 Å². The number of hydrogen-bond acceptors (Lipinski definition) is 2. The first kappa shape index (κ1) is 16.7. The van der Waals surface area contributed by atoms with Crippen LogP contribution in [-0.2, 0) is 6.42 Å². The molecule has 0 unspecified atom stereocenters. The summed E-state index contributed by atoms with van der Waals surface area (Å²) in [5.41, 5.74) is 5.10. The molecule has 1 aliphatic rings. The Kier molecular flexibility index (Phi) is 4.87. The number of unbranched alkanes of at least 4 members (excludes halogenated alkanes) is 1. The first-order valence-electron chi connectivity index (χ1n) is 8.72. The normalized spacial score (nSPS) is 12.6. The number of halogens is 1. The molecule has 3 aromatic carbocycles. The smallest absolute Gasteiger partial charge is 0.0743 e. The van der Waals surface area contributed by atoms with Gasteiger partial charge in [0.15, 0.2) is 0 Å². The Morgan fingerprint density at radius 1 is 0.880 bits per heavy atom. The highest BCUT2D eigenvalue weighted by Gasteiger charge is 2.26. The Hall–Kier alpha value is -1.71. The minimum absolute atomic E-state index is 1.13. The molecule has 0 aromatic heterocycles. The van der Waals surface area contributed by atoms with E-state index in [-0.39, 0.29) is 0 Å². The van der Waals surface area contributed by atoms with Crippen molar-refractivity contribution >= 4 is 44.8 Å². The Morgan fingerprint density at radius 3 is 2.44 bits per heavy atom. The SMILES string of the molecule is CCCCc1ccc(N2c3ccccc3Sc3cccc(Br)c32)cc1. The molecule has 0 saturated heterocycles. The van der Waals surface area contributed by atoms with Gasteiger partial charge < -0.3 is 4.90 Å². The predicted molar refractivity (Wildman–Crippen MR) is 112 cm³/mol. The number of aryl methyl sites for hydroxylation is 1. The first-order chi connectivity index (χ1) is 12.3. The van der Waals surface area contributed by atoms with Crippen molar-refractivity contribution in [2.24, 2.45) is 0 Å². The lowest BCUT2D eigenvalue weighted by Crippen LogP contribution is -2.15. The van der Waals surface area contributed by atoms with Crippen LogP contribution in [0.5, 0.6) is 0 Å². The third-order valence-electron chi connectivity index (χ3n) is 4.51. The summed E-state index contributed by atoms with van der Waals surface area (Å²) in [5, 5.41) is 0. The minimum atomic E-state index is 1.13. The van der Waals surface area contributed by atoms with Gasteiger partial charge in [-0.3, -0.25) is 0 Å². The Morgan fingerprint density at radius 2 is 1.64 bits per heavy atom. The summed E-state index contributed by atoms with van der Waals surface area (Å²) in [6, 6.07) is 24.1. The fourth-order valence-electron chi connectivity index (χ4n) is 3.22. The summed E-state index contributed by atoms with van der Waals surface area (Å²) in [5.74, 6) is 0. The molecule has 0 saturated carbocycles. The Labute approximate surface area is 162 Å². The molecular weight excluding hydrogens is 390 g/mol. The van der Waals surface area contributed by atoms with Crippen molar-refractivity contribution in [3.05, 3.63) is 76.8 Å². The lowest BCUT2D eigenvalue weighted by atomic mass is 10.1. The molecule has 1 heterocycles. The number of benzene rings is 3. The number of para-hydroxylation sites is 2. The summed E-state index contributed by atoms with van der Waals surface area (Å²) in [7, 11) is 0. The molecule has 0 spiro atoms. The Balaban J connectivity index is 1.81. The monoisotopic (exact) mass is 409 g/mol. The highest BCUT2D eigenvalue weighted by Crippen LogP contribution is 2.53. The van der Waals surface area contributed by atoms with E-state index >= 15 is 0 Å². The van der Waals surface area contributed by atoms with Gasteiger partial charge in [-0.2, -0.15) is 0 Å². The standard InChI is InChI=1S/C22H20BrNS/c1-2-3-7-16-12-14-17(15-13-16)24-19-9-4-5-10-20(19)25-21-11-6-8-18(23)22(21)24/h4-6,8-15H,2-3,7H2,1H3. The van der Waals surface area contributed by atoms with Crippen molar-refractivity contribution in [2.75, 3.05) is 4.90 Å². The van der Waals surface area contributed by atoms with E-state index in [1.165, 1.54) is 45.3 Å². The van der Waals surface area contributed by atoms with Crippen LogP contribution in [0, 0.1) is 0 Å². The summed E-state index contributed by atoms with van der Waals surface area (Å²) >= 11 is 5.60. The van der Waals surface area contributed by atoms with Crippen LogP contribution < -0.4 is 4.90 Å². The summed E-state index contributed by atoms with van der Waals surface area (Å²) in [6.45, 7) is 2.24. The van der Waals surface area contributed by atoms with Gasteiger partial charge in [0.1, 0.15) is 0 Å². The molecule has 0 fully saturated rings. The van der Waals surface area contributed by atoms with Crippen LogP contribution in [0.15, 0.2) is 81.0 Å². The second-order valence-electron chi connectivity index (χ2n) is 6.26. The van der Waals surface area contributed by atoms with Crippen molar-refractivity contribution in [1.82, 2.24) is 0 Å². The number of anilines is 3. The zero-order valence-electron chi connectivity index (χ0n) is 14.2. The summed E-state index contributed by atoms with van der Waals surface area (Å²) in [4.78, 5) is 4.95. The second kappa shape index (κ2) is 7.27. The highest BCUT2D eigenvalue weighted by molar-refractivity contribution is 9.10. The van der Waals surface area contributed by atoms with Gasteiger partial charge in [0.25, 0.3) is 0 Å². The fourth-order valence-corrected chi connectivity index (χ4v) is 4.99. The molecule has 1 nitrogen and oxygen atoms in total. The van der Waals surface area contributed by atoms with Crippen LogP contribution >= 0.6 is 27.7 Å². The molecule has 0 radical (unpaired) electrons. The zero-order chi connectivity index (χ0) is 17.2.